The highest BCUT2D eigenvalue weighted by atomic mass is 127. The third-order valence-electron chi connectivity index (χ3n) is 3.57. The maximum absolute atomic E-state index is 5.09. The average Bonchev–Trinajstić information content (AvgIpc) is 2.34. The van der Waals surface area contributed by atoms with Gasteiger partial charge in [-0.2, -0.15) is 0 Å². The molecule has 1 saturated carbocycles. The van der Waals surface area contributed by atoms with Crippen molar-refractivity contribution in [1.82, 2.24) is 0 Å². The zero-order valence-electron chi connectivity index (χ0n) is 10.5. The molecule has 2 heteroatoms. The summed E-state index contributed by atoms with van der Waals surface area (Å²) in [7, 11) is 1.74. The van der Waals surface area contributed by atoms with Gasteiger partial charge in [0.05, 0.1) is 13.4 Å². The third-order valence-corrected chi connectivity index (χ3v) is 4.78. The summed E-state index contributed by atoms with van der Waals surface area (Å²) in [4.78, 5) is 0. The Hall–Kier alpha value is -0.510. The van der Waals surface area contributed by atoms with E-state index in [1.54, 1.807) is 7.11 Å². The Labute approximate surface area is 117 Å². The van der Waals surface area contributed by atoms with E-state index in [1.807, 2.05) is 6.26 Å². The zero-order valence-corrected chi connectivity index (χ0v) is 12.7. The monoisotopic (exact) mass is 342 g/mol. The summed E-state index contributed by atoms with van der Waals surface area (Å²) in [5.41, 5.74) is 4.38. The van der Waals surface area contributed by atoms with E-state index in [2.05, 4.69) is 47.7 Å². The maximum atomic E-state index is 5.09. The molecule has 0 aromatic heterocycles. The highest BCUT2D eigenvalue weighted by molar-refractivity contribution is 14.1. The van der Waals surface area contributed by atoms with Crippen molar-refractivity contribution in [3.8, 4) is 0 Å². The summed E-state index contributed by atoms with van der Waals surface area (Å²) < 4.78 is 6.46. The van der Waals surface area contributed by atoms with Gasteiger partial charge in [0.15, 0.2) is 0 Å². The Balaban J connectivity index is 2.05. The molecule has 1 aromatic rings. The van der Waals surface area contributed by atoms with Crippen LogP contribution < -0.4 is 0 Å². The average molecular weight is 342 g/mol. The Morgan fingerprint density at radius 2 is 2.00 bits per heavy atom. The second-order valence-electron chi connectivity index (χ2n) is 4.79. The second kappa shape index (κ2) is 5.89. The van der Waals surface area contributed by atoms with Crippen molar-refractivity contribution in [2.45, 2.75) is 38.5 Å². The van der Waals surface area contributed by atoms with Crippen LogP contribution in [0.25, 0.3) is 0 Å². The van der Waals surface area contributed by atoms with Crippen LogP contribution in [0.4, 0.5) is 0 Å². The van der Waals surface area contributed by atoms with E-state index in [9.17, 15) is 0 Å². The Kier molecular flexibility index (Phi) is 4.48. The van der Waals surface area contributed by atoms with Crippen molar-refractivity contribution >= 4 is 22.6 Å². The Morgan fingerprint density at radius 1 is 1.29 bits per heavy atom. The molecule has 0 saturated heterocycles. The lowest BCUT2D eigenvalue weighted by molar-refractivity contribution is 0.326. The molecule has 17 heavy (non-hydrogen) atoms. The van der Waals surface area contributed by atoms with Crippen molar-refractivity contribution < 1.29 is 4.74 Å². The minimum atomic E-state index is 0.736. The molecule has 1 fully saturated rings. The van der Waals surface area contributed by atoms with E-state index < -0.39 is 0 Å². The third kappa shape index (κ3) is 3.24. The van der Waals surface area contributed by atoms with Crippen LogP contribution in [-0.4, -0.2) is 7.11 Å². The molecule has 1 aliphatic carbocycles. The van der Waals surface area contributed by atoms with E-state index in [4.69, 9.17) is 4.74 Å². The molecule has 0 spiro atoms. The van der Waals surface area contributed by atoms with Crippen molar-refractivity contribution in [3.63, 3.8) is 0 Å². The van der Waals surface area contributed by atoms with Crippen LogP contribution in [0.5, 0.6) is 0 Å². The number of benzene rings is 1. The summed E-state index contributed by atoms with van der Waals surface area (Å²) in [5, 5.41) is 0. The van der Waals surface area contributed by atoms with Gasteiger partial charge in [-0.15, -0.1) is 0 Å². The summed E-state index contributed by atoms with van der Waals surface area (Å²) in [6.07, 6.45) is 6.81. The van der Waals surface area contributed by atoms with Gasteiger partial charge in [0.2, 0.25) is 0 Å². The molecule has 0 bridgehead atoms. The van der Waals surface area contributed by atoms with Gasteiger partial charge >= 0.3 is 0 Å². The Morgan fingerprint density at radius 3 is 2.59 bits per heavy atom. The number of allylic oxidation sites excluding steroid dienone is 1. The molecule has 1 aliphatic rings. The standard InChI is InChI=1S/C15H19IO/c1-11-9-14(7-8-15(11)16)13-5-3-12(4-6-13)10-17-2/h7-10,13H,3-6H2,1-2H3. The fourth-order valence-corrected chi connectivity index (χ4v) is 2.86. The topological polar surface area (TPSA) is 9.23 Å². The number of aryl methyl sites for hydroxylation is 1. The van der Waals surface area contributed by atoms with Crippen LogP contribution in [-0.2, 0) is 4.74 Å². The summed E-state index contributed by atoms with van der Waals surface area (Å²) in [6.45, 7) is 2.20. The molecule has 0 aliphatic heterocycles. The van der Waals surface area contributed by atoms with E-state index in [-0.39, 0.29) is 0 Å². The molecule has 1 nitrogen and oxygen atoms in total. The predicted octanol–water partition coefficient (Wildman–Crippen LogP) is 4.79. The quantitative estimate of drug-likeness (QED) is 0.555. The number of halogens is 1. The van der Waals surface area contributed by atoms with Gasteiger partial charge in [-0.3, -0.25) is 0 Å². The van der Waals surface area contributed by atoms with Crippen LogP contribution in [0.1, 0.15) is 42.7 Å². The first-order valence-corrected chi connectivity index (χ1v) is 7.25. The molecule has 0 N–H and O–H groups in total. The van der Waals surface area contributed by atoms with Gasteiger partial charge in [0.1, 0.15) is 0 Å². The van der Waals surface area contributed by atoms with Crippen molar-refractivity contribution in [2.24, 2.45) is 0 Å². The molecule has 0 radical (unpaired) electrons. The molecule has 2 rings (SSSR count). The number of rotatable bonds is 2. The van der Waals surface area contributed by atoms with E-state index in [1.165, 1.54) is 46.0 Å². The summed E-state index contributed by atoms with van der Waals surface area (Å²) in [5.74, 6) is 0.736. The molecule has 0 heterocycles. The van der Waals surface area contributed by atoms with Crippen LogP contribution >= 0.6 is 22.6 Å². The summed E-state index contributed by atoms with van der Waals surface area (Å²) >= 11 is 2.40. The molecule has 0 amide bonds. The van der Waals surface area contributed by atoms with Crippen LogP contribution in [0.2, 0.25) is 0 Å². The fourth-order valence-electron chi connectivity index (χ4n) is 2.53. The zero-order chi connectivity index (χ0) is 12.3. The lowest BCUT2D eigenvalue weighted by atomic mass is 9.82. The Bertz CT molecular complexity index is 413. The van der Waals surface area contributed by atoms with Gasteiger partial charge in [0, 0.05) is 3.57 Å². The fraction of sp³-hybridized carbons (Fsp3) is 0.467. The van der Waals surface area contributed by atoms with Crippen molar-refractivity contribution in [2.75, 3.05) is 7.11 Å². The molecule has 92 valence electrons. The first-order chi connectivity index (χ1) is 8.20. The molecular formula is C15H19IO. The van der Waals surface area contributed by atoms with Crippen LogP contribution in [0.3, 0.4) is 0 Å². The predicted molar refractivity (Wildman–Crippen MR) is 80.2 cm³/mol. The lowest BCUT2D eigenvalue weighted by Crippen LogP contribution is -2.07. The van der Waals surface area contributed by atoms with Gasteiger partial charge < -0.3 is 4.74 Å². The van der Waals surface area contributed by atoms with E-state index in [0.29, 0.717) is 0 Å². The number of methoxy groups -OCH3 is 1. The molecule has 0 unspecified atom stereocenters. The number of hydrogen-bond donors (Lipinski definition) is 0. The number of hydrogen-bond acceptors (Lipinski definition) is 1. The smallest absolute Gasteiger partial charge is 0.0816 e. The second-order valence-corrected chi connectivity index (χ2v) is 5.96. The van der Waals surface area contributed by atoms with Crippen LogP contribution in [0, 0.1) is 10.5 Å². The maximum Gasteiger partial charge on any atom is 0.0816 e. The minimum absolute atomic E-state index is 0.736. The van der Waals surface area contributed by atoms with Gasteiger partial charge in [-0.1, -0.05) is 12.1 Å². The highest BCUT2D eigenvalue weighted by Gasteiger charge is 2.18. The molecular weight excluding hydrogens is 323 g/mol. The van der Waals surface area contributed by atoms with E-state index >= 15 is 0 Å². The molecule has 1 aromatic carbocycles. The molecule has 0 atom stereocenters. The van der Waals surface area contributed by atoms with Crippen molar-refractivity contribution in [1.29, 1.82) is 0 Å². The first-order valence-electron chi connectivity index (χ1n) is 6.17. The van der Waals surface area contributed by atoms with Gasteiger partial charge in [-0.25, -0.2) is 0 Å². The SMILES string of the molecule is COC=C1CCC(c2ccc(I)c(C)c2)CC1. The summed E-state index contributed by atoms with van der Waals surface area (Å²) in [6, 6.07) is 6.90. The first kappa shape index (κ1) is 12.9. The van der Waals surface area contributed by atoms with Gasteiger partial charge in [-0.05, 0) is 83.9 Å². The number of ether oxygens (including phenoxy) is 1. The van der Waals surface area contributed by atoms with Crippen LogP contribution in [0.15, 0.2) is 30.0 Å². The minimum Gasteiger partial charge on any atom is -0.504 e. The van der Waals surface area contributed by atoms with Crippen molar-refractivity contribution in [3.05, 3.63) is 44.7 Å². The lowest BCUT2D eigenvalue weighted by Gasteiger charge is -2.24. The van der Waals surface area contributed by atoms with Gasteiger partial charge in [0.25, 0.3) is 0 Å². The normalized spacial score (nSPS) is 20.2. The largest absolute Gasteiger partial charge is 0.504 e. The highest BCUT2D eigenvalue weighted by Crippen LogP contribution is 2.36. The van der Waals surface area contributed by atoms with E-state index in [0.717, 1.165) is 5.92 Å².